The summed E-state index contributed by atoms with van der Waals surface area (Å²) in [7, 11) is 0. The fourth-order valence-electron chi connectivity index (χ4n) is 6.55. The second-order valence-electron chi connectivity index (χ2n) is 10.5. The quantitative estimate of drug-likeness (QED) is 0.227. The lowest BCUT2D eigenvalue weighted by atomic mass is 10.0. The van der Waals surface area contributed by atoms with Gasteiger partial charge < -0.3 is 9.13 Å². The van der Waals surface area contributed by atoms with Gasteiger partial charge in [0.2, 0.25) is 0 Å². The first-order valence-corrected chi connectivity index (χ1v) is 13.6. The Balaban J connectivity index is 1.47. The van der Waals surface area contributed by atoms with Gasteiger partial charge in [0, 0.05) is 38.0 Å². The minimum Gasteiger partial charge on any atom is -0.309 e. The largest absolute Gasteiger partial charge is 0.309 e. The van der Waals surface area contributed by atoms with E-state index in [-0.39, 0.29) is 0 Å². The Morgan fingerprint density at radius 2 is 1.10 bits per heavy atom. The lowest BCUT2D eigenvalue weighted by Gasteiger charge is -2.12. The monoisotopic (exact) mass is 509 g/mol. The zero-order chi connectivity index (χ0) is 26.2. The van der Waals surface area contributed by atoms with Crippen molar-refractivity contribution in [1.29, 1.82) is 0 Å². The van der Waals surface area contributed by atoms with Crippen LogP contribution in [0.2, 0.25) is 0 Å². The summed E-state index contributed by atoms with van der Waals surface area (Å²) < 4.78 is 4.79. The van der Waals surface area contributed by atoms with Crippen LogP contribution in [0.4, 0.5) is 0 Å². The first-order valence-electron chi connectivity index (χ1n) is 13.6. The molecule has 0 saturated carbocycles. The van der Waals surface area contributed by atoms with Crippen LogP contribution in [0.5, 0.6) is 0 Å². The third-order valence-corrected chi connectivity index (χ3v) is 8.29. The molecule has 0 fully saturated rings. The molecule has 186 valence electrons. The third kappa shape index (κ3) is 2.92. The molecule has 9 aromatic rings. The number of hydrogen-bond donors (Lipinski definition) is 0. The first-order chi connectivity index (χ1) is 19.8. The summed E-state index contributed by atoms with van der Waals surface area (Å²) in [5.74, 6) is 0. The maximum Gasteiger partial charge on any atom is 0.0703 e. The van der Waals surface area contributed by atoms with Gasteiger partial charge in [0.25, 0.3) is 0 Å². The lowest BCUT2D eigenvalue weighted by molar-refractivity contribution is 1.16. The molecule has 3 nitrogen and oxygen atoms in total. The summed E-state index contributed by atoms with van der Waals surface area (Å²) in [5, 5.41) is 8.62. The summed E-state index contributed by atoms with van der Waals surface area (Å²) in [4.78, 5) is 4.84. The Morgan fingerprint density at radius 3 is 1.95 bits per heavy atom. The van der Waals surface area contributed by atoms with E-state index in [4.69, 9.17) is 4.98 Å². The van der Waals surface area contributed by atoms with E-state index in [1.807, 2.05) is 12.3 Å². The first kappa shape index (κ1) is 21.5. The van der Waals surface area contributed by atoms with Crippen molar-refractivity contribution in [2.24, 2.45) is 0 Å². The number of para-hydroxylation sites is 4. The summed E-state index contributed by atoms with van der Waals surface area (Å²) >= 11 is 0. The maximum atomic E-state index is 4.84. The highest BCUT2D eigenvalue weighted by Crippen LogP contribution is 2.40. The van der Waals surface area contributed by atoms with Crippen LogP contribution >= 0.6 is 0 Å². The summed E-state index contributed by atoms with van der Waals surface area (Å²) in [5.41, 5.74) is 8.07. The minimum absolute atomic E-state index is 1.01. The number of fused-ring (bicyclic) bond motifs is 9. The van der Waals surface area contributed by atoms with Crippen LogP contribution in [-0.2, 0) is 0 Å². The van der Waals surface area contributed by atoms with Crippen molar-refractivity contribution in [2.75, 3.05) is 0 Å². The molecule has 0 unspecified atom stereocenters. The highest BCUT2D eigenvalue weighted by Gasteiger charge is 2.18. The normalized spacial score (nSPS) is 12.0. The molecule has 0 saturated heterocycles. The van der Waals surface area contributed by atoms with Crippen molar-refractivity contribution in [1.82, 2.24) is 14.1 Å². The molecule has 0 spiro atoms. The number of rotatable bonds is 2. The molecule has 9 rings (SSSR count). The van der Waals surface area contributed by atoms with Crippen molar-refractivity contribution < 1.29 is 0 Å². The van der Waals surface area contributed by atoms with Crippen molar-refractivity contribution in [2.45, 2.75) is 0 Å². The molecule has 0 aliphatic heterocycles. The zero-order valence-corrected chi connectivity index (χ0v) is 21.6. The van der Waals surface area contributed by atoms with Gasteiger partial charge in [-0.2, -0.15) is 0 Å². The van der Waals surface area contributed by atoms with Crippen LogP contribution in [-0.4, -0.2) is 14.1 Å². The average molecular weight is 510 g/mol. The molecular formula is C37H23N3. The van der Waals surface area contributed by atoms with E-state index < -0.39 is 0 Å². The molecule has 6 aromatic carbocycles. The van der Waals surface area contributed by atoms with Gasteiger partial charge in [0.05, 0.1) is 39.5 Å². The van der Waals surface area contributed by atoms with Gasteiger partial charge in [-0.05, 0) is 53.9 Å². The van der Waals surface area contributed by atoms with E-state index in [0.29, 0.717) is 0 Å². The smallest absolute Gasteiger partial charge is 0.0703 e. The number of benzene rings is 6. The van der Waals surface area contributed by atoms with Gasteiger partial charge in [-0.15, -0.1) is 0 Å². The second-order valence-corrected chi connectivity index (χ2v) is 10.5. The maximum absolute atomic E-state index is 4.84. The van der Waals surface area contributed by atoms with Gasteiger partial charge in [-0.25, -0.2) is 0 Å². The Hall–Kier alpha value is -5.41. The molecule has 0 radical (unpaired) electrons. The standard InChI is InChI=1S/C37H23N3/c1-2-11-26(12-3-1)39-34-16-8-6-14-29(34)32-21-24-18-19-30-28-13-5-9-17-35(28)40(37(30)31(24)22-36(32)39)27-20-25-10-4-7-15-33(25)38-23-27/h1-23H. The van der Waals surface area contributed by atoms with Crippen LogP contribution < -0.4 is 0 Å². The van der Waals surface area contributed by atoms with E-state index in [1.54, 1.807) is 0 Å². The van der Waals surface area contributed by atoms with E-state index in [1.165, 1.54) is 60.1 Å². The minimum atomic E-state index is 1.01. The van der Waals surface area contributed by atoms with Gasteiger partial charge in [0.1, 0.15) is 0 Å². The van der Waals surface area contributed by atoms with Gasteiger partial charge in [0.15, 0.2) is 0 Å². The average Bonchev–Trinajstić information content (AvgIpc) is 3.53. The highest BCUT2D eigenvalue weighted by atomic mass is 15.0. The molecule has 0 N–H and O–H groups in total. The number of nitrogens with zero attached hydrogens (tertiary/aromatic N) is 3. The fourth-order valence-corrected chi connectivity index (χ4v) is 6.55. The van der Waals surface area contributed by atoms with E-state index in [9.17, 15) is 0 Å². The topological polar surface area (TPSA) is 22.8 Å². The molecular weight excluding hydrogens is 486 g/mol. The molecule has 0 atom stereocenters. The molecule has 0 aliphatic rings. The van der Waals surface area contributed by atoms with E-state index >= 15 is 0 Å². The Bertz CT molecular complexity index is 2430. The molecule has 3 aromatic heterocycles. The molecule has 0 amide bonds. The summed E-state index contributed by atoms with van der Waals surface area (Å²) in [6.07, 6.45) is 2.01. The summed E-state index contributed by atoms with van der Waals surface area (Å²) in [6, 6.07) is 48.0. The summed E-state index contributed by atoms with van der Waals surface area (Å²) in [6.45, 7) is 0. The number of aromatic nitrogens is 3. The molecule has 0 bridgehead atoms. The van der Waals surface area contributed by atoms with Crippen molar-refractivity contribution in [3.8, 4) is 11.4 Å². The van der Waals surface area contributed by atoms with Crippen LogP contribution in [0.3, 0.4) is 0 Å². The van der Waals surface area contributed by atoms with E-state index in [0.717, 1.165) is 16.6 Å². The van der Waals surface area contributed by atoms with Crippen molar-refractivity contribution in [3.05, 3.63) is 140 Å². The van der Waals surface area contributed by atoms with Gasteiger partial charge >= 0.3 is 0 Å². The van der Waals surface area contributed by atoms with Crippen molar-refractivity contribution in [3.63, 3.8) is 0 Å². The number of hydrogen-bond acceptors (Lipinski definition) is 1. The van der Waals surface area contributed by atoms with Crippen LogP contribution in [0, 0.1) is 0 Å². The number of pyridine rings is 1. The molecule has 40 heavy (non-hydrogen) atoms. The predicted octanol–water partition coefficient (Wildman–Crippen LogP) is 9.58. The molecule has 3 heterocycles. The second kappa shape index (κ2) is 8.05. The lowest BCUT2D eigenvalue weighted by Crippen LogP contribution is -1.96. The van der Waals surface area contributed by atoms with Gasteiger partial charge in [-0.3, -0.25) is 4.98 Å². The Labute approximate surface area is 230 Å². The Morgan fingerprint density at radius 1 is 0.400 bits per heavy atom. The van der Waals surface area contributed by atoms with E-state index in [2.05, 4.69) is 137 Å². The fraction of sp³-hybridized carbons (Fsp3) is 0. The highest BCUT2D eigenvalue weighted by molar-refractivity contribution is 6.22. The Kier molecular flexibility index (Phi) is 4.33. The predicted molar refractivity (Wildman–Crippen MR) is 168 cm³/mol. The zero-order valence-electron chi connectivity index (χ0n) is 21.6. The van der Waals surface area contributed by atoms with Gasteiger partial charge in [-0.1, -0.05) is 84.9 Å². The third-order valence-electron chi connectivity index (χ3n) is 8.29. The van der Waals surface area contributed by atoms with Crippen LogP contribution in [0.1, 0.15) is 0 Å². The SMILES string of the molecule is c1ccc(-n2c3ccccc3c3cc4ccc5c6ccccc6n(-c6cnc7ccccc7c6)c5c4cc32)cc1. The molecule has 0 aliphatic carbocycles. The molecule has 3 heteroatoms. The van der Waals surface area contributed by atoms with Crippen LogP contribution in [0.15, 0.2) is 140 Å². The van der Waals surface area contributed by atoms with Crippen molar-refractivity contribution >= 4 is 65.3 Å². The van der Waals surface area contributed by atoms with Crippen LogP contribution in [0.25, 0.3) is 76.7 Å².